The van der Waals surface area contributed by atoms with E-state index in [1.807, 2.05) is 0 Å². The largest absolute Gasteiger partial charge is 0.0879 e. The highest BCUT2D eigenvalue weighted by Gasteiger charge is 2.57. The third-order valence-corrected chi connectivity index (χ3v) is 4.86. The normalized spacial score (nSPS) is 50.7. The molecule has 2 saturated carbocycles. The van der Waals surface area contributed by atoms with Gasteiger partial charge in [-0.2, -0.15) is 0 Å². The molecule has 0 heteroatoms. The highest BCUT2D eigenvalue weighted by molar-refractivity contribution is 5.20. The summed E-state index contributed by atoms with van der Waals surface area (Å²) in [6.07, 6.45) is 17.0. The molecule has 0 unspecified atom stereocenters. The second-order valence-corrected chi connectivity index (χ2v) is 5.08. The van der Waals surface area contributed by atoms with E-state index in [0.717, 1.165) is 5.41 Å². The van der Waals surface area contributed by atoms with Gasteiger partial charge in [-0.3, -0.25) is 0 Å². The molecule has 0 aromatic rings. The van der Waals surface area contributed by atoms with Crippen molar-refractivity contribution < 1.29 is 0 Å². The van der Waals surface area contributed by atoms with Crippen LogP contribution in [0, 0.1) is 10.8 Å². The zero-order chi connectivity index (χ0) is 8.07. The fourth-order valence-electron chi connectivity index (χ4n) is 3.98. The SMILES string of the molecule is C1=C[C@]23CCCC[C@]2(CC1)CC3. The van der Waals surface area contributed by atoms with E-state index in [1.165, 1.54) is 51.4 Å². The van der Waals surface area contributed by atoms with E-state index in [9.17, 15) is 0 Å². The minimum atomic E-state index is 0.712. The Balaban J connectivity index is 2.00. The summed E-state index contributed by atoms with van der Waals surface area (Å²) in [6.45, 7) is 0. The summed E-state index contributed by atoms with van der Waals surface area (Å²) in [5, 5.41) is 0. The molecular weight excluding hydrogens is 144 g/mol. The molecule has 2 fully saturated rings. The molecule has 2 atom stereocenters. The van der Waals surface area contributed by atoms with Gasteiger partial charge in [-0.25, -0.2) is 0 Å². The predicted molar refractivity (Wildman–Crippen MR) is 50.9 cm³/mol. The molecule has 0 heterocycles. The lowest BCUT2D eigenvalue weighted by molar-refractivity contribution is -0.0909. The summed E-state index contributed by atoms with van der Waals surface area (Å²) in [5.74, 6) is 0. The molecule has 3 aliphatic carbocycles. The molecule has 0 saturated heterocycles. The summed E-state index contributed by atoms with van der Waals surface area (Å²) in [6, 6.07) is 0. The highest BCUT2D eigenvalue weighted by atomic mass is 14.6. The average molecular weight is 162 g/mol. The average Bonchev–Trinajstić information content (AvgIpc) is 2.09. The van der Waals surface area contributed by atoms with Crippen LogP contribution in [0.25, 0.3) is 0 Å². The Hall–Kier alpha value is -0.260. The minimum absolute atomic E-state index is 0.712. The fourth-order valence-corrected chi connectivity index (χ4v) is 3.98. The molecule has 3 aliphatic rings. The molecule has 0 bridgehead atoms. The van der Waals surface area contributed by atoms with Gasteiger partial charge in [0.25, 0.3) is 0 Å². The van der Waals surface area contributed by atoms with Crippen molar-refractivity contribution in [2.24, 2.45) is 10.8 Å². The molecule has 0 spiro atoms. The number of hydrogen-bond donors (Lipinski definition) is 0. The van der Waals surface area contributed by atoms with Gasteiger partial charge >= 0.3 is 0 Å². The maximum absolute atomic E-state index is 2.58. The number of allylic oxidation sites excluding steroid dienone is 2. The fraction of sp³-hybridized carbons (Fsp3) is 0.833. The summed E-state index contributed by atoms with van der Waals surface area (Å²) >= 11 is 0. The summed E-state index contributed by atoms with van der Waals surface area (Å²) in [5.41, 5.74) is 1.52. The van der Waals surface area contributed by atoms with Crippen molar-refractivity contribution in [1.82, 2.24) is 0 Å². The zero-order valence-corrected chi connectivity index (χ0v) is 7.81. The van der Waals surface area contributed by atoms with E-state index < -0.39 is 0 Å². The zero-order valence-electron chi connectivity index (χ0n) is 7.81. The van der Waals surface area contributed by atoms with E-state index in [-0.39, 0.29) is 0 Å². The van der Waals surface area contributed by atoms with Gasteiger partial charge < -0.3 is 0 Å². The summed E-state index contributed by atoms with van der Waals surface area (Å²) < 4.78 is 0. The Labute approximate surface area is 75.0 Å². The van der Waals surface area contributed by atoms with Crippen LogP contribution in [0.15, 0.2) is 12.2 Å². The topological polar surface area (TPSA) is 0 Å². The molecule has 0 nitrogen and oxygen atoms in total. The van der Waals surface area contributed by atoms with Gasteiger partial charge in [-0.05, 0) is 49.4 Å². The summed E-state index contributed by atoms with van der Waals surface area (Å²) in [4.78, 5) is 0. The van der Waals surface area contributed by atoms with Crippen LogP contribution in [0.4, 0.5) is 0 Å². The van der Waals surface area contributed by atoms with Crippen LogP contribution in [0.5, 0.6) is 0 Å². The monoisotopic (exact) mass is 162 g/mol. The molecule has 0 N–H and O–H groups in total. The highest BCUT2D eigenvalue weighted by Crippen LogP contribution is 2.68. The Morgan fingerprint density at radius 3 is 2.50 bits per heavy atom. The van der Waals surface area contributed by atoms with Crippen molar-refractivity contribution in [3.8, 4) is 0 Å². The molecular formula is C12H18. The van der Waals surface area contributed by atoms with Gasteiger partial charge in [-0.1, -0.05) is 25.0 Å². The van der Waals surface area contributed by atoms with Gasteiger partial charge in [0.15, 0.2) is 0 Å². The number of rotatable bonds is 0. The van der Waals surface area contributed by atoms with Gasteiger partial charge in [0, 0.05) is 0 Å². The molecule has 66 valence electrons. The summed E-state index contributed by atoms with van der Waals surface area (Å²) in [7, 11) is 0. The first kappa shape index (κ1) is 7.17. The van der Waals surface area contributed by atoms with E-state index in [1.54, 1.807) is 0 Å². The quantitative estimate of drug-likeness (QED) is 0.477. The van der Waals surface area contributed by atoms with Crippen LogP contribution < -0.4 is 0 Å². The van der Waals surface area contributed by atoms with Crippen LogP contribution >= 0.6 is 0 Å². The lowest BCUT2D eigenvalue weighted by Gasteiger charge is -2.63. The molecule has 0 amide bonds. The van der Waals surface area contributed by atoms with Gasteiger partial charge in [0.05, 0.1) is 0 Å². The Bertz CT molecular complexity index is 228. The molecule has 0 aromatic heterocycles. The van der Waals surface area contributed by atoms with Crippen LogP contribution in [0.1, 0.15) is 51.4 Å². The lowest BCUT2D eigenvalue weighted by Crippen LogP contribution is -2.53. The predicted octanol–water partition coefficient (Wildman–Crippen LogP) is 3.68. The lowest BCUT2D eigenvalue weighted by atomic mass is 9.41. The molecule has 0 aromatic carbocycles. The van der Waals surface area contributed by atoms with Crippen molar-refractivity contribution in [2.75, 3.05) is 0 Å². The van der Waals surface area contributed by atoms with Gasteiger partial charge in [-0.15, -0.1) is 0 Å². The minimum Gasteiger partial charge on any atom is -0.0879 e. The molecule has 0 radical (unpaired) electrons. The van der Waals surface area contributed by atoms with E-state index in [4.69, 9.17) is 0 Å². The van der Waals surface area contributed by atoms with Gasteiger partial charge in [0.2, 0.25) is 0 Å². The second kappa shape index (κ2) is 2.16. The maximum atomic E-state index is 2.58. The van der Waals surface area contributed by atoms with Crippen LogP contribution in [-0.2, 0) is 0 Å². The van der Waals surface area contributed by atoms with Crippen molar-refractivity contribution in [2.45, 2.75) is 51.4 Å². The Morgan fingerprint density at radius 2 is 1.75 bits per heavy atom. The van der Waals surface area contributed by atoms with E-state index in [0.29, 0.717) is 5.41 Å². The van der Waals surface area contributed by atoms with Crippen molar-refractivity contribution in [3.63, 3.8) is 0 Å². The Morgan fingerprint density at radius 1 is 0.833 bits per heavy atom. The van der Waals surface area contributed by atoms with Gasteiger partial charge in [0.1, 0.15) is 0 Å². The van der Waals surface area contributed by atoms with Crippen LogP contribution in [0.3, 0.4) is 0 Å². The smallest absolute Gasteiger partial charge is 0.00615 e. The first-order chi connectivity index (χ1) is 5.87. The number of hydrogen-bond acceptors (Lipinski definition) is 0. The molecule has 0 aliphatic heterocycles. The first-order valence-corrected chi connectivity index (χ1v) is 5.55. The third kappa shape index (κ3) is 0.654. The first-order valence-electron chi connectivity index (χ1n) is 5.55. The maximum Gasteiger partial charge on any atom is -0.00615 e. The standard InChI is InChI=1S/C12H18/c1-2-6-12-8-4-3-7-11(12,5-1)9-10-12/h1,5H,2-4,6-10H2/t11-,12-/m1/s1. The third-order valence-electron chi connectivity index (χ3n) is 4.86. The Kier molecular flexibility index (Phi) is 1.29. The van der Waals surface area contributed by atoms with Crippen molar-refractivity contribution >= 4 is 0 Å². The van der Waals surface area contributed by atoms with Crippen molar-refractivity contribution in [1.29, 1.82) is 0 Å². The van der Waals surface area contributed by atoms with E-state index in [2.05, 4.69) is 12.2 Å². The molecule has 3 rings (SSSR count). The van der Waals surface area contributed by atoms with Crippen LogP contribution in [0.2, 0.25) is 0 Å². The van der Waals surface area contributed by atoms with E-state index >= 15 is 0 Å². The van der Waals surface area contributed by atoms with Crippen LogP contribution in [-0.4, -0.2) is 0 Å². The molecule has 12 heavy (non-hydrogen) atoms. The second-order valence-electron chi connectivity index (χ2n) is 5.08. The van der Waals surface area contributed by atoms with Crippen molar-refractivity contribution in [3.05, 3.63) is 12.2 Å².